The lowest BCUT2D eigenvalue weighted by molar-refractivity contribution is 0.215. The van der Waals surface area contributed by atoms with Gasteiger partial charge in [-0.2, -0.15) is 5.26 Å². The van der Waals surface area contributed by atoms with E-state index in [0.29, 0.717) is 17.4 Å². The molecule has 1 aliphatic heterocycles. The fourth-order valence-electron chi connectivity index (χ4n) is 2.87. The van der Waals surface area contributed by atoms with Crippen LogP contribution in [-0.4, -0.2) is 50.1 Å². The second kappa shape index (κ2) is 6.74. The lowest BCUT2D eigenvalue weighted by atomic mass is 10.1. The molecule has 4 nitrogen and oxygen atoms in total. The van der Waals surface area contributed by atoms with Gasteiger partial charge in [-0.25, -0.2) is 0 Å². The van der Waals surface area contributed by atoms with E-state index in [4.69, 9.17) is 10.00 Å². The van der Waals surface area contributed by atoms with Crippen LogP contribution in [0, 0.1) is 11.3 Å². The maximum absolute atomic E-state index is 9.00. The van der Waals surface area contributed by atoms with Crippen LogP contribution in [0.1, 0.15) is 24.0 Å². The first-order valence-electron chi connectivity index (χ1n) is 7.10. The van der Waals surface area contributed by atoms with E-state index in [1.165, 1.54) is 24.9 Å². The second-order valence-corrected chi connectivity index (χ2v) is 5.62. The molecule has 0 N–H and O–H groups in total. The van der Waals surface area contributed by atoms with Crippen LogP contribution < -0.4 is 4.74 Å². The maximum Gasteiger partial charge on any atom is 0.136 e. The summed E-state index contributed by atoms with van der Waals surface area (Å²) in [6, 6.07) is 8.63. The first-order chi connectivity index (χ1) is 9.63. The van der Waals surface area contributed by atoms with E-state index >= 15 is 0 Å². The van der Waals surface area contributed by atoms with Gasteiger partial charge in [-0.15, -0.1) is 0 Å². The molecule has 108 valence electrons. The molecular formula is C16H23N3O. The summed E-state index contributed by atoms with van der Waals surface area (Å²) < 4.78 is 5.26. The smallest absolute Gasteiger partial charge is 0.136 e. The van der Waals surface area contributed by atoms with Crippen LogP contribution in [0.5, 0.6) is 5.75 Å². The molecule has 0 bridgehead atoms. The fraction of sp³-hybridized carbons (Fsp3) is 0.562. The number of likely N-dealkylation sites (N-methyl/N-ethyl adjacent to an activating group) is 2. The average Bonchev–Trinajstić information content (AvgIpc) is 2.84. The highest BCUT2D eigenvalue weighted by Crippen LogP contribution is 2.21. The van der Waals surface area contributed by atoms with E-state index in [9.17, 15) is 0 Å². The predicted octanol–water partition coefficient (Wildman–Crippen LogP) is 2.09. The number of benzene rings is 1. The summed E-state index contributed by atoms with van der Waals surface area (Å²) in [5.74, 6) is 0.663. The van der Waals surface area contributed by atoms with E-state index in [-0.39, 0.29) is 0 Å². The molecule has 0 aromatic heterocycles. The van der Waals surface area contributed by atoms with Crippen LogP contribution in [-0.2, 0) is 6.54 Å². The summed E-state index contributed by atoms with van der Waals surface area (Å²) in [7, 11) is 5.96. The van der Waals surface area contributed by atoms with E-state index in [2.05, 4.69) is 30.0 Å². The van der Waals surface area contributed by atoms with Crippen molar-refractivity contribution in [2.24, 2.45) is 0 Å². The fourth-order valence-corrected chi connectivity index (χ4v) is 2.87. The van der Waals surface area contributed by atoms with Gasteiger partial charge in [0.15, 0.2) is 0 Å². The van der Waals surface area contributed by atoms with E-state index in [0.717, 1.165) is 13.1 Å². The summed E-state index contributed by atoms with van der Waals surface area (Å²) >= 11 is 0. The molecule has 2 rings (SSSR count). The van der Waals surface area contributed by atoms with Gasteiger partial charge in [0.2, 0.25) is 0 Å². The topological polar surface area (TPSA) is 39.5 Å². The highest BCUT2D eigenvalue weighted by atomic mass is 16.5. The van der Waals surface area contributed by atoms with Crippen LogP contribution in [0.25, 0.3) is 0 Å². The Labute approximate surface area is 121 Å². The van der Waals surface area contributed by atoms with Crippen molar-refractivity contribution in [3.05, 3.63) is 29.3 Å². The highest BCUT2D eigenvalue weighted by Gasteiger charge is 2.22. The quantitative estimate of drug-likeness (QED) is 0.823. The molecule has 1 aromatic rings. The zero-order valence-corrected chi connectivity index (χ0v) is 12.6. The SMILES string of the molecule is COc1cc(CN(C)CC2CCCN2C)ccc1C#N. The van der Waals surface area contributed by atoms with Crippen molar-refractivity contribution in [1.29, 1.82) is 5.26 Å². The third kappa shape index (κ3) is 3.50. The molecule has 1 aliphatic rings. The Kier molecular flexibility index (Phi) is 4.99. The van der Waals surface area contributed by atoms with Crippen molar-refractivity contribution in [3.63, 3.8) is 0 Å². The minimum Gasteiger partial charge on any atom is -0.495 e. The summed E-state index contributed by atoms with van der Waals surface area (Å²) in [5.41, 5.74) is 1.78. The lowest BCUT2D eigenvalue weighted by Gasteiger charge is -2.25. The molecule has 0 amide bonds. The zero-order valence-electron chi connectivity index (χ0n) is 12.6. The number of likely N-dealkylation sites (tertiary alicyclic amines) is 1. The van der Waals surface area contributed by atoms with Crippen LogP contribution >= 0.6 is 0 Å². The van der Waals surface area contributed by atoms with Crippen LogP contribution in [0.2, 0.25) is 0 Å². The van der Waals surface area contributed by atoms with Gasteiger partial charge in [-0.3, -0.25) is 0 Å². The third-order valence-electron chi connectivity index (χ3n) is 4.03. The zero-order chi connectivity index (χ0) is 14.5. The van der Waals surface area contributed by atoms with Gasteiger partial charge in [0.1, 0.15) is 11.8 Å². The molecule has 1 heterocycles. The lowest BCUT2D eigenvalue weighted by Crippen LogP contribution is -2.36. The highest BCUT2D eigenvalue weighted by molar-refractivity contribution is 5.45. The van der Waals surface area contributed by atoms with Crippen molar-refractivity contribution in [3.8, 4) is 11.8 Å². The Hall–Kier alpha value is -1.57. The standard InChI is InChI=1S/C16H23N3O/c1-18(12-15-5-4-8-19(15)2)11-13-6-7-14(10-17)16(9-13)20-3/h6-7,9,15H,4-5,8,11-12H2,1-3H3. The first kappa shape index (κ1) is 14.8. The minimum absolute atomic E-state index is 0.592. The average molecular weight is 273 g/mol. The van der Waals surface area contributed by atoms with Gasteiger partial charge >= 0.3 is 0 Å². The largest absolute Gasteiger partial charge is 0.495 e. The number of nitrogens with zero attached hydrogens (tertiary/aromatic N) is 3. The first-order valence-corrected chi connectivity index (χ1v) is 7.10. The summed E-state index contributed by atoms with van der Waals surface area (Å²) in [6.45, 7) is 3.18. The number of rotatable bonds is 5. The molecule has 4 heteroatoms. The predicted molar refractivity (Wildman–Crippen MR) is 79.7 cm³/mol. The summed E-state index contributed by atoms with van der Waals surface area (Å²) in [6.07, 6.45) is 2.59. The molecule has 1 fully saturated rings. The molecule has 1 aromatic carbocycles. The van der Waals surface area contributed by atoms with E-state index in [1.807, 2.05) is 18.2 Å². The number of methoxy groups -OCH3 is 1. The second-order valence-electron chi connectivity index (χ2n) is 5.62. The summed E-state index contributed by atoms with van der Waals surface area (Å²) in [5, 5.41) is 9.00. The van der Waals surface area contributed by atoms with Crippen LogP contribution in [0.15, 0.2) is 18.2 Å². The summed E-state index contributed by atoms with van der Waals surface area (Å²) in [4.78, 5) is 4.78. The van der Waals surface area contributed by atoms with Crippen LogP contribution in [0.3, 0.4) is 0 Å². The van der Waals surface area contributed by atoms with Crippen molar-refractivity contribution in [1.82, 2.24) is 9.80 Å². The molecule has 20 heavy (non-hydrogen) atoms. The Balaban J connectivity index is 1.97. The molecule has 0 radical (unpaired) electrons. The van der Waals surface area contributed by atoms with Gasteiger partial charge in [0.05, 0.1) is 12.7 Å². The number of hydrogen-bond acceptors (Lipinski definition) is 4. The van der Waals surface area contributed by atoms with Crippen LogP contribution in [0.4, 0.5) is 0 Å². The third-order valence-corrected chi connectivity index (χ3v) is 4.03. The molecular weight excluding hydrogens is 250 g/mol. The van der Waals surface area contributed by atoms with Crippen molar-refractivity contribution in [2.45, 2.75) is 25.4 Å². The van der Waals surface area contributed by atoms with Crippen molar-refractivity contribution >= 4 is 0 Å². The molecule has 0 spiro atoms. The van der Waals surface area contributed by atoms with E-state index < -0.39 is 0 Å². The molecule has 1 unspecified atom stereocenters. The van der Waals surface area contributed by atoms with Gasteiger partial charge in [0.25, 0.3) is 0 Å². The molecule has 0 saturated carbocycles. The van der Waals surface area contributed by atoms with Crippen molar-refractivity contribution < 1.29 is 4.74 Å². The molecule has 1 saturated heterocycles. The minimum atomic E-state index is 0.592. The normalized spacial score (nSPS) is 19.2. The number of ether oxygens (including phenoxy) is 1. The van der Waals surface area contributed by atoms with Gasteiger partial charge in [0, 0.05) is 19.1 Å². The molecule has 1 atom stereocenters. The Bertz CT molecular complexity index is 495. The maximum atomic E-state index is 9.00. The Morgan fingerprint density at radius 3 is 2.90 bits per heavy atom. The number of hydrogen-bond donors (Lipinski definition) is 0. The molecule has 0 aliphatic carbocycles. The number of nitriles is 1. The monoisotopic (exact) mass is 273 g/mol. The Morgan fingerprint density at radius 2 is 2.30 bits per heavy atom. The van der Waals surface area contributed by atoms with Gasteiger partial charge in [-0.1, -0.05) is 6.07 Å². The van der Waals surface area contributed by atoms with Gasteiger partial charge < -0.3 is 14.5 Å². The Morgan fingerprint density at radius 1 is 1.50 bits per heavy atom. The van der Waals surface area contributed by atoms with Crippen molar-refractivity contribution in [2.75, 3.05) is 34.3 Å². The van der Waals surface area contributed by atoms with E-state index in [1.54, 1.807) is 7.11 Å². The van der Waals surface area contributed by atoms with Gasteiger partial charge in [-0.05, 0) is 51.2 Å².